The van der Waals surface area contributed by atoms with Crippen molar-refractivity contribution in [2.24, 2.45) is 0 Å². The van der Waals surface area contributed by atoms with Gasteiger partial charge in [-0.2, -0.15) is 0 Å². The first-order valence-corrected chi connectivity index (χ1v) is 6.92. The van der Waals surface area contributed by atoms with Gasteiger partial charge < -0.3 is 15.2 Å². The van der Waals surface area contributed by atoms with E-state index in [1.165, 1.54) is 0 Å². The van der Waals surface area contributed by atoms with Crippen molar-refractivity contribution in [3.05, 3.63) is 66.2 Å². The molecule has 0 aliphatic carbocycles. The number of hydrogen-bond acceptors (Lipinski definition) is 3. The highest BCUT2D eigenvalue weighted by Gasteiger charge is 2.13. The zero-order chi connectivity index (χ0) is 14.9. The maximum absolute atomic E-state index is 11.9. The lowest BCUT2D eigenvalue weighted by molar-refractivity contribution is -0.122. The maximum Gasteiger partial charge on any atom is 0.223 e. The molecule has 0 saturated heterocycles. The lowest BCUT2D eigenvalue weighted by Crippen LogP contribution is -2.31. The Kier molecular flexibility index (Phi) is 5.79. The molecular formula is C17H19NO3. The van der Waals surface area contributed by atoms with Gasteiger partial charge in [0.05, 0.1) is 25.7 Å². The van der Waals surface area contributed by atoms with Gasteiger partial charge in [0.25, 0.3) is 0 Å². The first-order valence-electron chi connectivity index (χ1n) is 6.92. The maximum atomic E-state index is 11.9. The summed E-state index contributed by atoms with van der Waals surface area (Å²) in [6, 6.07) is 18.4. The van der Waals surface area contributed by atoms with Crippen LogP contribution in [0, 0.1) is 0 Å². The molecule has 2 rings (SSSR count). The Hall–Kier alpha value is -2.33. The summed E-state index contributed by atoms with van der Waals surface area (Å²) in [5.74, 6) is 0.598. The molecule has 2 aromatic rings. The van der Waals surface area contributed by atoms with Crippen molar-refractivity contribution in [3.8, 4) is 5.75 Å². The molecule has 1 amide bonds. The molecule has 0 bridgehead atoms. The molecule has 1 unspecified atom stereocenters. The van der Waals surface area contributed by atoms with Gasteiger partial charge in [0.1, 0.15) is 5.75 Å². The average Bonchev–Trinajstić information content (AvgIpc) is 2.54. The molecule has 1 atom stereocenters. The van der Waals surface area contributed by atoms with E-state index in [9.17, 15) is 9.90 Å². The minimum absolute atomic E-state index is 0.130. The number of carbonyl (C=O) groups excluding carboxylic acids is 1. The van der Waals surface area contributed by atoms with Crippen LogP contribution in [0.4, 0.5) is 0 Å². The minimum atomic E-state index is -0.379. The Morgan fingerprint density at radius 3 is 2.29 bits per heavy atom. The van der Waals surface area contributed by atoms with Gasteiger partial charge in [-0.25, -0.2) is 0 Å². The second kappa shape index (κ2) is 8.07. The molecule has 2 aromatic carbocycles. The number of aliphatic hydroxyl groups is 1. The average molecular weight is 285 g/mol. The van der Waals surface area contributed by atoms with Gasteiger partial charge in [0, 0.05) is 0 Å². The molecule has 0 aromatic heterocycles. The standard InChI is InChI=1S/C17H19NO3/c19-13-16(14-7-3-1-4-8-14)18-17(20)11-12-21-15-9-5-2-6-10-15/h1-10,16,19H,11-13H2,(H,18,20). The van der Waals surface area contributed by atoms with Crippen molar-refractivity contribution in [2.45, 2.75) is 12.5 Å². The van der Waals surface area contributed by atoms with Gasteiger partial charge in [0.2, 0.25) is 5.91 Å². The fourth-order valence-corrected chi connectivity index (χ4v) is 1.96. The number of aliphatic hydroxyl groups excluding tert-OH is 1. The van der Waals surface area contributed by atoms with E-state index in [1.54, 1.807) is 0 Å². The first-order chi connectivity index (χ1) is 10.3. The zero-order valence-electron chi connectivity index (χ0n) is 11.7. The molecule has 0 aliphatic heterocycles. The Morgan fingerprint density at radius 2 is 1.67 bits per heavy atom. The summed E-state index contributed by atoms with van der Waals surface area (Å²) >= 11 is 0. The molecule has 4 nitrogen and oxygen atoms in total. The van der Waals surface area contributed by atoms with Crippen molar-refractivity contribution in [2.75, 3.05) is 13.2 Å². The van der Waals surface area contributed by atoms with Crippen LogP contribution in [-0.4, -0.2) is 24.2 Å². The quantitative estimate of drug-likeness (QED) is 0.820. The lowest BCUT2D eigenvalue weighted by Gasteiger charge is -2.16. The zero-order valence-corrected chi connectivity index (χ0v) is 11.7. The van der Waals surface area contributed by atoms with E-state index >= 15 is 0 Å². The molecule has 0 aliphatic rings. The third-order valence-electron chi connectivity index (χ3n) is 3.06. The Bertz CT molecular complexity index is 542. The van der Waals surface area contributed by atoms with Gasteiger partial charge in [-0.05, 0) is 17.7 Å². The molecule has 0 heterocycles. The van der Waals surface area contributed by atoms with Gasteiger partial charge in [-0.1, -0.05) is 48.5 Å². The second-order valence-electron chi connectivity index (χ2n) is 4.62. The summed E-state index contributed by atoms with van der Waals surface area (Å²) in [6.07, 6.45) is 0.248. The third kappa shape index (κ3) is 4.93. The van der Waals surface area contributed by atoms with E-state index in [0.717, 1.165) is 11.3 Å². The van der Waals surface area contributed by atoms with Crippen LogP contribution in [0.5, 0.6) is 5.75 Å². The van der Waals surface area contributed by atoms with Gasteiger partial charge >= 0.3 is 0 Å². The van der Waals surface area contributed by atoms with Crippen molar-refractivity contribution in [3.63, 3.8) is 0 Å². The van der Waals surface area contributed by atoms with Crippen molar-refractivity contribution >= 4 is 5.91 Å². The summed E-state index contributed by atoms with van der Waals surface area (Å²) < 4.78 is 5.47. The number of para-hydroxylation sites is 1. The van der Waals surface area contributed by atoms with Crippen LogP contribution in [0.25, 0.3) is 0 Å². The normalized spacial score (nSPS) is 11.7. The number of amides is 1. The van der Waals surface area contributed by atoms with E-state index in [4.69, 9.17) is 4.74 Å². The third-order valence-corrected chi connectivity index (χ3v) is 3.06. The van der Waals surface area contributed by atoms with Crippen LogP contribution in [0.1, 0.15) is 18.0 Å². The number of benzene rings is 2. The van der Waals surface area contributed by atoms with E-state index in [0.29, 0.717) is 6.61 Å². The molecule has 0 radical (unpaired) electrons. The largest absolute Gasteiger partial charge is 0.493 e. The SMILES string of the molecule is O=C(CCOc1ccccc1)NC(CO)c1ccccc1. The summed E-state index contributed by atoms with van der Waals surface area (Å²) in [5.41, 5.74) is 0.886. The molecule has 0 fully saturated rings. The van der Waals surface area contributed by atoms with E-state index < -0.39 is 0 Å². The summed E-state index contributed by atoms with van der Waals surface area (Å²) in [6.45, 7) is 0.179. The van der Waals surface area contributed by atoms with Crippen molar-refractivity contribution in [1.29, 1.82) is 0 Å². The van der Waals surface area contributed by atoms with Crippen LogP contribution < -0.4 is 10.1 Å². The highest BCUT2D eigenvalue weighted by atomic mass is 16.5. The number of rotatable bonds is 7. The van der Waals surface area contributed by atoms with Crippen LogP contribution in [0.15, 0.2) is 60.7 Å². The van der Waals surface area contributed by atoms with E-state index in [-0.39, 0.29) is 25.0 Å². The summed E-state index contributed by atoms with van der Waals surface area (Å²) in [7, 11) is 0. The highest BCUT2D eigenvalue weighted by molar-refractivity contribution is 5.76. The smallest absolute Gasteiger partial charge is 0.223 e. The highest BCUT2D eigenvalue weighted by Crippen LogP contribution is 2.12. The van der Waals surface area contributed by atoms with Crippen molar-refractivity contribution < 1.29 is 14.6 Å². The fraction of sp³-hybridized carbons (Fsp3) is 0.235. The fourth-order valence-electron chi connectivity index (χ4n) is 1.96. The van der Waals surface area contributed by atoms with E-state index in [2.05, 4.69) is 5.32 Å². The van der Waals surface area contributed by atoms with Gasteiger partial charge in [0.15, 0.2) is 0 Å². The number of carbonyl (C=O) groups is 1. The van der Waals surface area contributed by atoms with Crippen molar-refractivity contribution in [1.82, 2.24) is 5.32 Å². The molecule has 0 spiro atoms. The number of ether oxygens (including phenoxy) is 1. The number of hydrogen-bond donors (Lipinski definition) is 2. The van der Waals surface area contributed by atoms with Crippen LogP contribution >= 0.6 is 0 Å². The molecule has 2 N–H and O–H groups in total. The topological polar surface area (TPSA) is 58.6 Å². The predicted molar refractivity (Wildman–Crippen MR) is 81.0 cm³/mol. The predicted octanol–water partition coefficient (Wildman–Crippen LogP) is 2.31. The molecular weight excluding hydrogens is 266 g/mol. The van der Waals surface area contributed by atoms with Gasteiger partial charge in [-0.3, -0.25) is 4.79 Å². The summed E-state index contributed by atoms with van der Waals surface area (Å²) in [4.78, 5) is 11.9. The van der Waals surface area contributed by atoms with Gasteiger partial charge in [-0.15, -0.1) is 0 Å². The molecule has 21 heavy (non-hydrogen) atoms. The Morgan fingerprint density at radius 1 is 1.05 bits per heavy atom. The van der Waals surface area contributed by atoms with Crippen LogP contribution in [0.2, 0.25) is 0 Å². The second-order valence-corrected chi connectivity index (χ2v) is 4.62. The number of nitrogens with one attached hydrogen (secondary N) is 1. The lowest BCUT2D eigenvalue weighted by atomic mass is 10.1. The monoisotopic (exact) mass is 285 g/mol. The molecule has 0 saturated carbocycles. The minimum Gasteiger partial charge on any atom is -0.493 e. The summed E-state index contributed by atoms with van der Waals surface area (Å²) in [5, 5.41) is 12.2. The van der Waals surface area contributed by atoms with Crippen LogP contribution in [-0.2, 0) is 4.79 Å². The van der Waals surface area contributed by atoms with E-state index in [1.807, 2.05) is 60.7 Å². The Labute approximate surface area is 124 Å². The first kappa shape index (κ1) is 15.1. The Balaban J connectivity index is 1.78. The van der Waals surface area contributed by atoms with Crippen LogP contribution in [0.3, 0.4) is 0 Å². The molecule has 4 heteroatoms. The molecule has 110 valence electrons.